The largest absolute Gasteiger partial charge is 0.480 e. The molecule has 1 aliphatic heterocycles. The molecule has 8 nitrogen and oxygen atoms in total. The summed E-state index contributed by atoms with van der Waals surface area (Å²) in [7, 11) is 3.11. The van der Waals surface area contributed by atoms with E-state index in [-0.39, 0.29) is 13.0 Å². The number of hydrogen-bond donors (Lipinski definition) is 2. The number of nitrogens with one attached hydrogen (secondary N) is 1. The minimum Gasteiger partial charge on any atom is -0.480 e. The van der Waals surface area contributed by atoms with Gasteiger partial charge < -0.3 is 15.3 Å². The van der Waals surface area contributed by atoms with E-state index in [0.717, 1.165) is 0 Å². The first-order valence-corrected chi connectivity index (χ1v) is 4.71. The van der Waals surface area contributed by atoms with Gasteiger partial charge in [-0.1, -0.05) is 0 Å². The van der Waals surface area contributed by atoms with Crippen LogP contribution in [-0.2, 0) is 4.79 Å². The van der Waals surface area contributed by atoms with Gasteiger partial charge in [0.25, 0.3) is 0 Å². The van der Waals surface area contributed by atoms with Crippen LogP contribution in [0.3, 0.4) is 0 Å². The summed E-state index contributed by atoms with van der Waals surface area (Å²) in [5.74, 6) is -1.12. The Hall–Kier alpha value is -1.70. The molecule has 0 bridgehead atoms. The zero-order valence-corrected chi connectivity index (χ0v) is 9.08. The third kappa shape index (κ3) is 2.27. The van der Waals surface area contributed by atoms with E-state index in [1.807, 2.05) is 0 Å². The van der Waals surface area contributed by atoms with Crippen LogP contribution in [0.5, 0.6) is 0 Å². The summed E-state index contributed by atoms with van der Waals surface area (Å²) in [4.78, 5) is 26.7. The molecule has 1 heterocycles. The number of aliphatic imine (C=N–C) groups is 1. The van der Waals surface area contributed by atoms with Crippen LogP contribution in [0.25, 0.3) is 0 Å². The van der Waals surface area contributed by atoms with E-state index >= 15 is 0 Å². The van der Waals surface area contributed by atoms with Crippen LogP contribution in [0.4, 0.5) is 0 Å². The van der Waals surface area contributed by atoms with E-state index in [4.69, 9.17) is 5.11 Å². The van der Waals surface area contributed by atoms with Gasteiger partial charge in [0.1, 0.15) is 12.6 Å². The van der Waals surface area contributed by atoms with Crippen molar-refractivity contribution in [3.63, 3.8) is 0 Å². The number of likely N-dealkylation sites (N-methyl/N-ethyl adjacent to an activating group) is 2. The molecule has 2 unspecified atom stereocenters. The molecule has 0 aliphatic carbocycles. The van der Waals surface area contributed by atoms with Crippen molar-refractivity contribution in [2.75, 3.05) is 20.6 Å². The third-order valence-electron chi connectivity index (χ3n) is 2.52. The molecule has 0 saturated heterocycles. The van der Waals surface area contributed by atoms with Crippen molar-refractivity contribution < 1.29 is 14.8 Å². The van der Waals surface area contributed by atoms with Crippen molar-refractivity contribution in [1.82, 2.24) is 10.2 Å². The van der Waals surface area contributed by atoms with Crippen LogP contribution in [0.2, 0.25) is 0 Å². The fourth-order valence-electron chi connectivity index (χ4n) is 1.62. The van der Waals surface area contributed by atoms with Crippen molar-refractivity contribution in [3.8, 4) is 0 Å². The minimum atomic E-state index is -1.55. The SMILES string of the molecule is CNC(CC1([N+](=O)[O-])CN(C)C=N1)C(=O)O. The summed E-state index contributed by atoms with van der Waals surface area (Å²) >= 11 is 0. The van der Waals surface area contributed by atoms with Crippen LogP contribution in [0, 0.1) is 10.1 Å². The lowest BCUT2D eigenvalue weighted by molar-refractivity contribution is -0.566. The Labute approximate surface area is 92.1 Å². The molecule has 0 spiro atoms. The fourth-order valence-corrected chi connectivity index (χ4v) is 1.62. The second-order valence-corrected chi connectivity index (χ2v) is 3.78. The maximum atomic E-state index is 11.0. The Morgan fingerprint density at radius 2 is 2.50 bits per heavy atom. The number of carboxylic acid groups (broad SMARTS) is 1. The molecule has 0 aromatic heterocycles. The van der Waals surface area contributed by atoms with E-state index < -0.39 is 22.6 Å². The Morgan fingerprint density at radius 3 is 2.81 bits per heavy atom. The zero-order valence-electron chi connectivity index (χ0n) is 9.08. The first-order valence-electron chi connectivity index (χ1n) is 4.71. The van der Waals surface area contributed by atoms with Gasteiger partial charge in [-0.05, 0) is 7.05 Å². The monoisotopic (exact) mass is 230 g/mol. The van der Waals surface area contributed by atoms with Gasteiger partial charge in [0.2, 0.25) is 0 Å². The second kappa shape index (κ2) is 4.44. The molecule has 2 N–H and O–H groups in total. The molecule has 2 atom stereocenters. The molecule has 1 aliphatic rings. The molecule has 1 rings (SSSR count). The summed E-state index contributed by atoms with van der Waals surface area (Å²) < 4.78 is 0. The average Bonchev–Trinajstić information content (AvgIpc) is 2.57. The van der Waals surface area contributed by atoms with Crippen molar-refractivity contribution in [2.24, 2.45) is 4.99 Å². The van der Waals surface area contributed by atoms with Gasteiger partial charge >= 0.3 is 11.6 Å². The molecule has 16 heavy (non-hydrogen) atoms. The first-order chi connectivity index (χ1) is 7.41. The highest BCUT2D eigenvalue weighted by atomic mass is 16.6. The zero-order chi connectivity index (χ0) is 12.3. The van der Waals surface area contributed by atoms with Gasteiger partial charge in [0.15, 0.2) is 0 Å². The molecule has 0 saturated carbocycles. The van der Waals surface area contributed by atoms with Gasteiger partial charge in [0.05, 0.1) is 17.7 Å². The van der Waals surface area contributed by atoms with Crippen LogP contribution < -0.4 is 5.32 Å². The van der Waals surface area contributed by atoms with Crippen molar-refractivity contribution in [1.29, 1.82) is 0 Å². The smallest absolute Gasteiger partial charge is 0.333 e. The van der Waals surface area contributed by atoms with Crippen molar-refractivity contribution >= 4 is 12.3 Å². The van der Waals surface area contributed by atoms with Crippen LogP contribution in [0.15, 0.2) is 4.99 Å². The quantitative estimate of drug-likeness (QED) is 0.463. The Kier molecular flexibility index (Phi) is 3.43. The lowest BCUT2D eigenvalue weighted by Gasteiger charge is -2.21. The summed E-state index contributed by atoms with van der Waals surface area (Å²) in [5.41, 5.74) is -1.55. The predicted octanol–water partition coefficient (Wildman–Crippen LogP) is -1.00. The minimum absolute atomic E-state index is 0.0888. The number of carbonyl (C=O) groups is 1. The number of aliphatic carboxylic acids is 1. The normalized spacial score (nSPS) is 25.8. The Morgan fingerprint density at radius 1 is 1.88 bits per heavy atom. The lowest BCUT2D eigenvalue weighted by Crippen LogP contribution is -2.48. The van der Waals surface area contributed by atoms with Gasteiger partial charge in [-0.25, -0.2) is 0 Å². The molecule has 0 radical (unpaired) electrons. The van der Waals surface area contributed by atoms with Crippen molar-refractivity contribution in [2.45, 2.75) is 18.1 Å². The highest BCUT2D eigenvalue weighted by Gasteiger charge is 2.49. The van der Waals surface area contributed by atoms with Gasteiger partial charge in [-0.15, -0.1) is 0 Å². The summed E-state index contributed by atoms with van der Waals surface area (Å²) in [5, 5.41) is 22.4. The summed E-state index contributed by atoms with van der Waals surface area (Å²) in [6.07, 6.45) is 1.18. The summed E-state index contributed by atoms with van der Waals surface area (Å²) in [6, 6.07) is -0.978. The number of carboxylic acids is 1. The highest BCUT2D eigenvalue weighted by molar-refractivity contribution is 5.73. The Balaban J connectivity index is 2.85. The van der Waals surface area contributed by atoms with Gasteiger partial charge in [0, 0.05) is 7.05 Å². The molecule has 0 aromatic rings. The standard InChI is InChI=1S/C8H14N4O4/c1-9-6(7(13)14)3-8(12(15)16)4-11(2)5-10-8/h5-6,9H,3-4H2,1-2H3,(H,13,14). The number of rotatable bonds is 5. The molecular formula is C8H14N4O4. The van der Waals surface area contributed by atoms with Gasteiger partial charge in [-0.2, -0.15) is 4.99 Å². The topological polar surface area (TPSA) is 108 Å². The molecular weight excluding hydrogens is 216 g/mol. The fraction of sp³-hybridized carbons (Fsp3) is 0.750. The highest BCUT2D eigenvalue weighted by Crippen LogP contribution is 2.24. The maximum absolute atomic E-state index is 11.0. The first kappa shape index (κ1) is 12.4. The van der Waals surface area contributed by atoms with Crippen LogP contribution in [-0.4, -0.2) is 59.6 Å². The van der Waals surface area contributed by atoms with E-state index in [2.05, 4.69) is 10.3 Å². The molecule has 0 fully saturated rings. The lowest BCUT2D eigenvalue weighted by atomic mass is 10.0. The Bertz CT molecular complexity index is 332. The second-order valence-electron chi connectivity index (χ2n) is 3.78. The molecule has 8 heteroatoms. The summed E-state index contributed by atoms with van der Waals surface area (Å²) in [6.45, 7) is 0.0888. The number of nitrogens with zero attached hydrogens (tertiary/aromatic N) is 3. The van der Waals surface area contributed by atoms with E-state index in [9.17, 15) is 14.9 Å². The number of hydrogen-bond acceptors (Lipinski definition) is 6. The van der Waals surface area contributed by atoms with Crippen LogP contribution in [0.1, 0.15) is 6.42 Å². The maximum Gasteiger partial charge on any atom is 0.333 e. The predicted molar refractivity (Wildman–Crippen MR) is 55.9 cm³/mol. The molecule has 0 amide bonds. The number of nitro groups is 1. The van der Waals surface area contributed by atoms with E-state index in [0.29, 0.717) is 0 Å². The van der Waals surface area contributed by atoms with Crippen LogP contribution >= 0.6 is 0 Å². The van der Waals surface area contributed by atoms with Gasteiger partial charge in [-0.3, -0.25) is 14.9 Å². The molecule has 0 aromatic carbocycles. The third-order valence-corrected chi connectivity index (χ3v) is 2.52. The molecule has 90 valence electrons. The van der Waals surface area contributed by atoms with E-state index in [1.165, 1.54) is 13.4 Å². The van der Waals surface area contributed by atoms with E-state index in [1.54, 1.807) is 11.9 Å². The van der Waals surface area contributed by atoms with Crippen molar-refractivity contribution in [3.05, 3.63) is 10.1 Å². The average molecular weight is 230 g/mol.